The smallest absolute Gasteiger partial charge is 0.228 e. The number of nitrogens with one attached hydrogen (secondary N) is 1. The van der Waals surface area contributed by atoms with Gasteiger partial charge in [-0.15, -0.1) is 0 Å². The van der Waals surface area contributed by atoms with Crippen LogP contribution < -0.4 is 5.32 Å². The molecule has 0 aliphatic carbocycles. The van der Waals surface area contributed by atoms with Crippen LogP contribution in [0, 0.1) is 5.82 Å². The van der Waals surface area contributed by atoms with Gasteiger partial charge in [0.15, 0.2) is 9.84 Å². The maximum atomic E-state index is 13.0. The Morgan fingerprint density at radius 3 is 2.38 bits per heavy atom. The lowest BCUT2D eigenvalue weighted by Gasteiger charge is -2.06. The number of carbonyl (C=O) groups excluding carboxylic acids is 1. The van der Waals surface area contributed by atoms with Crippen LogP contribution in [-0.4, -0.2) is 20.6 Å². The fraction of sp³-hybridized carbons (Fsp3) is 0.133. The van der Waals surface area contributed by atoms with E-state index in [0.717, 1.165) is 6.26 Å². The van der Waals surface area contributed by atoms with Gasteiger partial charge in [-0.3, -0.25) is 4.79 Å². The molecule has 0 spiro atoms. The number of hydrogen-bond donors (Lipinski definition) is 1. The molecule has 0 atom stereocenters. The molecule has 6 heteroatoms. The molecule has 1 amide bonds. The maximum absolute atomic E-state index is 13.0. The zero-order valence-electron chi connectivity index (χ0n) is 11.3. The van der Waals surface area contributed by atoms with Crippen LogP contribution in [0.1, 0.15) is 5.56 Å². The topological polar surface area (TPSA) is 63.2 Å². The lowest BCUT2D eigenvalue weighted by atomic mass is 10.1. The average molecular weight is 307 g/mol. The molecule has 110 valence electrons. The van der Waals surface area contributed by atoms with Crippen LogP contribution in [0.4, 0.5) is 10.1 Å². The van der Waals surface area contributed by atoms with Crippen molar-refractivity contribution in [1.82, 2.24) is 0 Å². The molecule has 0 heterocycles. The molecule has 0 aliphatic heterocycles. The van der Waals surface area contributed by atoms with E-state index in [1.54, 1.807) is 12.1 Å². The highest BCUT2D eigenvalue weighted by atomic mass is 32.2. The summed E-state index contributed by atoms with van der Waals surface area (Å²) in [5, 5.41) is 2.63. The van der Waals surface area contributed by atoms with Crippen LogP contribution in [0.15, 0.2) is 53.4 Å². The number of amides is 1. The van der Waals surface area contributed by atoms with Crippen molar-refractivity contribution in [2.45, 2.75) is 11.3 Å². The van der Waals surface area contributed by atoms with E-state index in [1.807, 2.05) is 0 Å². The van der Waals surface area contributed by atoms with Gasteiger partial charge in [-0.2, -0.15) is 0 Å². The summed E-state index contributed by atoms with van der Waals surface area (Å²) in [7, 11) is -3.26. The largest absolute Gasteiger partial charge is 0.326 e. The van der Waals surface area contributed by atoms with Crippen molar-refractivity contribution >= 4 is 21.4 Å². The van der Waals surface area contributed by atoms with E-state index in [2.05, 4.69) is 5.32 Å². The molecule has 0 saturated carbocycles. The van der Waals surface area contributed by atoms with Gasteiger partial charge in [0.25, 0.3) is 0 Å². The Bertz CT molecular complexity index is 755. The third-order valence-electron chi connectivity index (χ3n) is 2.82. The van der Waals surface area contributed by atoms with Gasteiger partial charge in [0, 0.05) is 11.9 Å². The van der Waals surface area contributed by atoms with E-state index in [0.29, 0.717) is 11.3 Å². The Hall–Kier alpha value is -2.21. The van der Waals surface area contributed by atoms with E-state index in [4.69, 9.17) is 0 Å². The Morgan fingerprint density at radius 2 is 1.81 bits per heavy atom. The van der Waals surface area contributed by atoms with Gasteiger partial charge in [0.05, 0.1) is 11.3 Å². The van der Waals surface area contributed by atoms with Crippen LogP contribution in [0.3, 0.4) is 0 Å². The molecular weight excluding hydrogens is 293 g/mol. The quantitative estimate of drug-likeness (QED) is 0.943. The highest BCUT2D eigenvalue weighted by Gasteiger charge is 2.08. The van der Waals surface area contributed by atoms with Crippen molar-refractivity contribution in [2.75, 3.05) is 11.6 Å². The molecule has 0 bridgehead atoms. The third kappa shape index (κ3) is 4.39. The Kier molecular flexibility index (Phi) is 4.37. The fourth-order valence-corrected chi connectivity index (χ4v) is 2.45. The number of sulfone groups is 1. The number of benzene rings is 2. The highest BCUT2D eigenvalue weighted by Crippen LogP contribution is 2.14. The Labute approximate surface area is 122 Å². The van der Waals surface area contributed by atoms with Crippen molar-refractivity contribution in [2.24, 2.45) is 0 Å². The summed E-state index contributed by atoms with van der Waals surface area (Å²) in [6.45, 7) is 0. The molecule has 0 fully saturated rings. The van der Waals surface area contributed by atoms with Crippen LogP contribution in [0.5, 0.6) is 0 Å². The minimum Gasteiger partial charge on any atom is -0.326 e. The molecule has 0 aromatic heterocycles. The first kappa shape index (κ1) is 15.2. The first-order chi connectivity index (χ1) is 9.84. The van der Waals surface area contributed by atoms with Crippen molar-refractivity contribution in [3.05, 3.63) is 59.9 Å². The summed E-state index contributed by atoms with van der Waals surface area (Å²) in [5.74, 6) is -0.689. The number of anilines is 1. The SMILES string of the molecule is CS(=O)(=O)c1ccc(NC(=O)Cc2cccc(F)c2)cc1. The van der Waals surface area contributed by atoms with Crippen LogP contribution in [0.25, 0.3) is 0 Å². The highest BCUT2D eigenvalue weighted by molar-refractivity contribution is 7.90. The molecular formula is C15H14FNO3S. The molecule has 2 rings (SSSR count). The predicted octanol–water partition coefficient (Wildman–Crippen LogP) is 2.41. The normalized spacial score (nSPS) is 11.1. The molecule has 2 aromatic rings. The monoisotopic (exact) mass is 307 g/mol. The van der Waals surface area contributed by atoms with Crippen LogP contribution >= 0.6 is 0 Å². The molecule has 2 aromatic carbocycles. The third-order valence-corrected chi connectivity index (χ3v) is 3.95. The minimum atomic E-state index is -3.26. The van der Waals surface area contributed by atoms with E-state index in [1.165, 1.54) is 36.4 Å². The summed E-state index contributed by atoms with van der Waals surface area (Å²) in [4.78, 5) is 12.0. The standard InChI is InChI=1S/C15H14FNO3S/c1-21(19,20)14-7-5-13(6-8-14)17-15(18)10-11-3-2-4-12(16)9-11/h2-9H,10H2,1H3,(H,17,18). The van der Waals surface area contributed by atoms with E-state index in [9.17, 15) is 17.6 Å². The summed E-state index contributed by atoms with van der Waals surface area (Å²) in [6, 6.07) is 11.7. The molecule has 0 aliphatic rings. The zero-order chi connectivity index (χ0) is 15.5. The average Bonchev–Trinajstić information content (AvgIpc) is 2.38. The number of carbonyl (C=O) groups is 1. The lowest BCUT2D eigenvalue weighted by molar-refractivity contribution is -0.115. The van der Waals surface area contributed by atoms with Gasteiger partial charge < -0.3 is 5.32 Å². The summed E-state index contributed by atoms with van der Waals surface area (Å²) >= 11 is 0. The van der Waals surface area contributed by atoms with Gasteiger partial charge in [0.1, 0.15) is 5.82 Å². The summed E-state index contributed by atoms with van der Waals surface area (Å²) < 4.78 is 35.6. The first-order valence-electron chi connectivity index (χ1n) is 6.19. The first-order valence-corrected chi connectivity index (χ1v) is 8.08. The van der Waals surface area contributed by atoms with Gasteiger partial charge in [0.2, 0.25) is 5.91 Å². The molecule has 1 N–H and O–H groups in total. The van der Waals surface area contributed by atoms with Crippen molar-refractivity contribution < 1.29 is 17.6 Å². The van der Waals surface area contributed by atoms with Crippen LogP contribution in [0.2, 0.25) is 0 Å². The maximum Gasteiger partial charge on any atom is 0.228 e. The summed E-state index contributed by atoms with van der Waals surface area (Å²) in [5.41, 5.74) is 1.06. The number of halogens is 1. The molecule has 0 radical (unpaired) electrons. The van der Waals surface area contributed by atoms with Crippen molar-refractivity contribution in [1.29, 1.82) is 0 Å². The molecule has 4 nitrogen and oxygen atoms in total. The Morgan fingerprint density at radius 1 is 1.14 bits per heavy atom. The van der Waals surface area contributed by atoms with Crippen molar-refractivity contribution in [3.8, 4) is 0 Å². The zero-order valence-corrected chi connectivity index (χ0v) is 12.2. The second-order valence-electron chi connectivity index (χ2n) is 4.65. The second kappa shape index (κ2) is 6.05. The van der Waals surface area contributed by atoms with Crippen LogP contribution in [-0.2, 0) is 21.1 Å². The predicted molar refractivity (Wildman–Crippen MR) is 78.3 cm³/mol. The second-order valence-corrected chi connectivity index (χ2v) is 6.67. The lowest BCUT2D eigenvalue weighted by Crippen LogP contribution is -2.14. The number of rotatable bonds is 4. The van der Waals surface area contributed by atoms with E-state index in [-0.39, 0.29) is 17.2 Å². The molecule has 21 heavy (non-hydrogen) atoms. The fourth-order valence-electron chi connectivity index (χ4n) is 1.82. The Balaban J connectivity index is 2.03. The molecule has 0 unspecified atom stereocenters. The minimum absolute atomic E-state index is 0.0472. The van der Waals surface area contributed by atoms with Gasteiger partial charge in [-0.1, -0.05) is 12.1 Å². The van der Waals surface area contributed by atoms with E-state index < -0.39 is 15.7 Å². The van der Waals surface area contributed by atoms with Crippen molar-refractivity contribution in [3.63, 3.8) is 0 Å². The van der Waals surface area contributed by atoms with Gasteiger partial charge in [-0.25, -0.2) is 12.8 Å². The number of hydrogen-bond acceptors (Lipinski definition) is 3. The van der Waals surface area contributed by atoms with Gasteiger partial charge in [-0.05, 0) is 42.0 Å². The molecule has 0 saturated heterocycles. The van der Waals surface area contributed by atoms with E-state index >= 15 is 0 Å². The van der Waals surface area contributed by atoms with Gasteiger partial charge >= 0.3 is 0 Å². The summed E-state index contributed by atoms with van der Waals surface area (Å²) in [6.07, 6.45) is 1.16.